The second-order valence-corrected chi connectivity index (χ2v) is 5.25. The van der Waals surface area contributed by atoms with Gasteiger partial charge in [0.1, 0.15) is 0 Å². The van der Waals surface area contributed by atoms with Gasteiger partial charge >= 0.3 is 0 Å². The number of aromatic amines is 1. The molecule has 6 nitrogen and oxygen atoms in total. The van der Waals surface area contributed by atoms with Gasteiger partial charge in [-0.2, -0.15) is 5.10 Å². The molecule has 1 atom stereocenters. The number of nitrogens with one attached hydrogen (secondary N) is 2. The first-order chi connectivity index (χ1) is 10.2. The summed E-state index contributed by atoms with van der Waals surface area (Å²) >= 11 is 0. The molecular formula is C15H16N4O2. The van der Waals surface area contributed by atoms with Crippen molar-refractivity contribution in [2.75, 3.05) is 0 Å². The summed E-state index contributed by atoms with van der Waals surface area (Å²) in [5.41, 5.74) is 2.55. The van der Waals surface area contributed by atoms with Crippen molar-refractivity contribution in [2.24, 2.45) is 0 Å². The Balaban J connectivity index is 1.62. The number of hydrogen-bond donors (Lipinski definition) is 2. The Hall–Kier alpha value is -2.50. The molecule has 108 valence electrons. The molecule has 1 amide bonds. The molecule has 21 heavy (non-hydrogen) atoms. The second kappa shape index (κ2) is 5.87. The number of rotatable bonds is 3. The van der Waals surface area contributed by atoms with Crippen LogP contribution >= 0.6 is 0 Å². The number of carbonyl (C=O) groups excluding carboxylic acids is 1. The highest BCUT2D eigenvalue weighted by Gasteiger charge is 2.21. The van der Waals surface area contributed by atoms with E-state index in [2.05, 4.69) is 20.5 Å². The maximum atomic E-state index is 12.0. The predicted molar refractivity (Wildman–Crippen MR) is 76.8 cm³/mol. The predicted octanol–water partition coefficient (Wildman–Crippen LogP) is 0.381. The van der Waals surface area contributed by atoms with Gasteiger partial charge in [0.15, 0.2) is 0 Å². The van der Waals surface area contributed by atoms with Crippen LogP contribution in [-0.4, -0.2) is 27.1 Å². The molecule has 6 heteroatoms. The first-order valence-corrected chi connectivity index (χ1v) is 6.96. The molecule has 0 aromatic carbocycles. The lowest BCUT2D eigenvalue weighted by atomic mass is 9.92. The zero-order chi connectivity index (χ0) is 14.7. The van der Waals surface area contributed by atoms with Crippen molar-refractivity contribution in [3.63, 3.8) is 0 Å². The van der Waals surface area contributed by atoms with Crippen molar-refractivity contribution < 1.29 is 4.79 Å². The van der Waals surface area contributed by atoms with Crippen molar-refractivity contribution in [3.8, 4) is 0 Å². The highest BCUT2D eigenvalue weighted by Crippen LogP contribution is 2.17. The van der Waals surface area contributed by atoms with E-state index in [-0.39, 0.29) is 17.5 Å². The van der Waals surface area contributed by atoms with E-state index in [0.29, 0.717) is 12.8 Å². The van der Waals surface area contributed by atoms with Gasteiger partial charge in [-0.3, -0.25) is 14.6 Å². The lowest BCUT2D eigenvalue weighted by Crippen LogP contribution is -2.40. The molecule has 0 aliphatic heterocycles. The Morgan fingerprint density at radius 2 is 2.38 bits per heavy atom. The molecule has 2 heterocycles. The Bertz CT molecular complexity index is 696. The fraction of sp³-hybridized carbons (Fsp3) is 0.333. The molecule has 0 fully saturated rings. The van der Waals surface area contributed by atoms with E-state index in [9.17, 15) is 9.59 Å². The minimum absolute atomic E-state index is 0.0192. The van der Waals surface area contributed by atoms with Crippen molar-refractivity contribution in [1.29, 1.82) is 0 Å². The van der Waals surface area contributed by atoms with Crippen molar-refractivity contribution in [1.82, 2.24) is 20.5 Å². The molecule has 2 N–H and O–H groups in total. The summed E-state index contributed by atoms with van der Waals surface area (Å²) < 4.78 is 0. The van der Waals surface area contributed by atoms with Gasteiger partial charge in [-0.05, 0) is 36.5 Å². The van der Waals surface area contributed by atoms with E-state index in [1.165, 1.54) is 0 Å². The molecule has 0 radical (unpaired) electrons. The monoisotopic (exact) mass is 284 g/mol. The SMILES string of the molecule is O=C(Cc1cccnc1)NC1CCc2n[nH]c(=O)cc2C1. The third kappa shape index (κ3) is 3.34. The van der Waals surface area contributed by atoms with Gasteiger partial charge in [-0.25, -0.2) is 5.10 Å². The molecule has 0 bridgehead atoms. The molecule has 0 spiro atoms. The fourth-order valence-corrected chi connectivity index (χ4v) is 2.63. The van der Waals surface area contributed by atoms with E-state index in [1.807, 2.05) is 12.1 Å². The summed E-state index contributed by atoms with van der Waals surface area (Å²) in [5.74, 6) is -0.0192. The molecule has 1 aliphatic rings. The zero-order valence-electron chi connectivity index (χ0n) is 11.5. The highest BCUT2D eigenvalue weighted by atomic mass is 16.1. The van der Waals surface area contributed by atoms with Gasteiger partial charge in [0.2, 0.25) is 5.91 Å². The minimum atomic E-state index is -0.198. The van der Waals surface area contributed by atoms with Crippen LogP contribution in [0.4, 0.5) is 0 Å². The number of aryl methyl sites for hydroxylation is 1. The lowest BCUT2D eigenvalue weighted by Gasteiger charge is -2.24. The van der Waals surface area contributed by atoms with E-state index in [4.69, 9.17) is 0 Å². The van der Waals surface area contributed by atoms with Gasteiger partial charge in [0, 0.05) is 24.5 Å². The van der Waals surface area contributed by atoms with Crippen LogP contribution < -0.4 is 10.9 Å². The summed E-state index contributed by atoms with van der Waals surface area (Å²) in [7, 11) is 0. The van der Waals surface area contributed by atoms with Crippen LogP contribution in [0.5, 0.6) is 0 Å². The van der Waals surface area contributed by atoms with E-state index < -0.39 is 0 Å². The summed E-state index contributed by atoms with van der Waals surface area (Å²) in [6.07, 6.45) is 5.97. The second-order valence-electron chi connectivity index (χ2n) is 5.25. The number of H-pyrrole nitrogens is 1. The molecular weight excluding hydrogens is 268 g/mol. The maximum absolute atomic E-state index is 12.0. The Kier molecular flexibility index (Phi) is 3.77. The fourth-order valence-electron chi connectivity index (χ4n) is 2.63. The van der Waals surface area contributed by atoms with E-state index in [1.54, 1.807) is 18.5 Å². The van der Waals surface area contributed by atoms with Crippen LogP contribution in [0.3, 0.4) is 0 Å². The third-order valence-corrected chi connectivity index (χ3v) is 3.63. The first-order valence-electron chi connectivity index (χ1n) is 6.96. The van der Waals surface area contributed by atoms with E-state index >= 15 is 0 Å². The molecule has 1 unspecified atom stereocenters. The molecule has 2 aromatic rings. The van der Waals surface area contributed by atoms with Crippen LogP contribution in [0.2, 0.25) is 0 Å². The Morgan fingerprint density at radius 3 is 3.19 bits per heavy atom. The van der Waals surface area contributed by atoms with Crippen molar-refractivity contribution >= 4 is 5.91 Å². The number of pyridine rings is 1. The van der Waals surface area contributed by atoms with E-state index in [0.717, 1.165) is 29.7 Å². The number of nitrogens with zero attached hydrogens (tertiary/aromatic N) is 2. The van der Waals surface area contributed by atoms with Crippen LogP contribution in [0.15, 0.2) is 35.4 Å². The van der Waals surface area contributed by atoms with Gasteiger partial charge in [0.25, 0.3) is 5.56 Å². The summed E-state index contributed by atoms with van der Waals surface area (Å²) in [4.78, 5) is 27.3. The van der Waals surface area contributed by atoms with Crippen LogP contribution in [0.25, 0.3) is 0 Å². The zero-order valence-corrected chi connectivity index (χ0v) is 11.5. The van der Waals surface area contributed by atoms with Gasteiger partial charge in [-0.15, -0.1) is 0 Å². The summed E-state index contributed by atoms with van der Waals surface area (Å²) in [6.45, 7) is 0. The summed E-state index contributed by atoms with van der Waals surface area (Å²) in [6, 6.07) is 5.33. The van der Waals surface area contributed by atoms with Gasteiger partial charge in [-0.1, -0.05) is 6.07 Å². The van der Waals surface area contributed by atoms with Crippen LogP contribution in [0, 0.1) is 0 Å². The average Bonchev–Trinajstić information content (AvgIpc) is 2.47. The largest absolute Gasteiger partial charge is 0.353 e. The Labute approximate surface area is 121 Å². The van der Waals surface area contributed by atoms with Crippen LogP contribution in [-0.2, 0) is 24.1 Å². The van der Waals surface area contributed by atoms with Crippen molar-refractivity contribution in [3.05, 3.63) is 57.8 Å². The van der Waals surface area contributed by atoms with Crippen molar-refractivity contribution in [2.45, 2.75) is 31.7 Å². The Morgan fingerprint density at radius 1 is 1.48 bits per heavy atom. The standard InChI is InChI=1S/C15H16N4O2/c20-14(6-10-2-1-5-16-9-10)17-12-3-4-13-11(7-12)8-15(21)19-18-13/h1-2,5,8-9,12H,3-4,6-7H2,(H,17,20)(H,19,21). The third-order valence-electron chi connectivity index (χ3n) is 3.63. The normalized spacial score (nSPS) is 17.0. The first kappa shape index (κ1) is 13.5. The number of fused-ring (bicyclic) bond motifs is 1. The molecule has 2 aromatic heterocycles. The molecule has 3 rings (SSSR count). The maximum Gasteiger partial charge on any atom is 0.264 e. The quantitative estimate of drug-likeness (QED) is 0.853. The number of carbonyl (C=O) groups is 1. The lowest BCUT2D eigenvalue weighted by molar-refractivity contribution is -0.121. The highest BCUT2D eigenvalue weighted by molar-refractivity contribution is 5.78. The molecule has 0 saturated carbocycles. The molecule has 0 saturated heterocycles. The van der Waals surface area contributed by atoms with Gasteiger partial charge < -0.3 is 5.32 Å². The number of hydrogen-bond acceptors (Lipinski definition) is 4. The topological polar surface area (TPSA) is 87.7 Å². The number of amides is 1. The minimum Gasteiger partial charge on any atom is -0.353 e. The van der Waals surface area contributed by atoms with Crippen LogP contribution in [0.1, 0.15) is 23.2 Å². The van der Waals surface area contributed by atoms with Gasteiger partial charge in [0.05, 0.1) is 12.1 Å². The molecule has 1 aliphatic carbocycles. The smallest absolute Gasteiger partial charge is 0.264 e. The number of aromatic nitrogens is 3. The average molecular weight is 284 g/mol. The summed E-state index contributed by atoms with van der Waals surface area (Å²) in [5, 5.41) is 9.51.